The first-order valence-electron chi connectivity index (χ1n) is 29.7. The molecule has 0 aromatic heterocycles. The van der Waals surface area contributed by atoms with Crippen LogP contribution in [0.15, 0.2) is 36.5 Å². The molecule has 0 aliphatic carbocycles. The molecule has 3 N–H and O–H groups in total. The number of hydrogen-bond acceptors (Lipinski definition) is 5. The van der Waals surface area contributed by atoms with E-state index in [1.54, 1.807) is 0 Å². The zero-order chi connectivity index (χ0) is 48.6. The minimum absolute atomic E-state index is 0.00536. The van der Waals surface area contributed by atoms with Gasteiger partial charge in [-0.1, -0.05) is 256 Å². The summed E-state index contributed by atoms with van der Waals surface area (Å²) in [4.78, 5) is 24.5. The second kappa shape index (κ2) is 56.7. The van der Waals surface area contributed by atoms with Crippen molar-refractivity contribution in [1.82, 2.24) is 5.32 Å². The fraction of sp³-hybridized carbons (Fsp3) is 0.869. The van der Waals surface area contributed by atoms with Gasteiger partial charge in [-0.2, -0.15) is 0 Å². The van der Waals surface area contributed by atoms with Crippen molar-refractivity contribution in [3.05, 3.63) is 36.5 Å². The van der Waals surface area contributed by atoms with Crippen molar-refractivity contribution in [3.8, 4) is 0 Å². The first-order valence-corrected chi connectivity index (χ1v) is 29.7. The monoisotopic (exact) mass is 942 g/mol. The van der Waals surface area contributed by atoms with Crippen LogP contribution in [0.1, 0.15) is 316 Å². The minimum Gasteiger partial charge on any atom is -0.466 e. The summed E-state index contributed by atoms with van der Waals surface area (Å²) in [7, 11) is 0. The topological polar surface area (TPSA) is 95.9 Å². The van der Waals surface area contributed by atoms with E-state index >= 15 is 0 Å². The summed E-state index contributed by atoms with van der Waals surface area (Å²) in [6.07, 6.45) is 70.0. The van der Waals surface area contributed by atoms with Crippen LogP contribution >= 0.6 is 0 Å². The average molecular weight is 943 g/mol. The molecular formula is C61H115NO5. The summed E-state index contributed by atoms with van der Waals surface area (Å²) in [6.45, 7) is 4.93. The molecule has 6 nitrogen and oxygen atoms in total. The van der Waals surface area contributed by atoms with Crippen LogP contribution in [0.5, 0.6) is 0 Å². The van der Waals surface area contributed by atoms with Gasteiger partial charge in [0.15, 0.2) is 0 Å². The van der Waals surface area contributed by atoms with Crippen LogP contribution in [-0.4, -0.2) is 47.4 Å². The molecule has 0 saturated heterocycles. The normalized spacial score (nSPS) is 12.8. The Hall–Kier alpha value is -1.92. The van der Waals surface area contributed by atoms with Gasteiger partial charge in [0.2, 0.25) is 5.91 Å². The molecule has 0 aromatic carbocycles. The van der Waals surface area contributed by atoms with Gasteiger partial charge in [-0.25, -0.2) is 0 Å². The summed E-state index contributed by atoms with van der Waals surface area (Å²) >= 11 is 0. The molecule has 6 heteroatoms. The molecule has 0 aliphatic heterocycles. The molecule has 0 saturated carbocycles. The van der Waals surface area contributed by atoms with E-state index in [0.717, 1.165) is 51.4 Å². The highest BCUT2D eigenvalue weighted by Gasteiger charge is 2.20. The fourth-order valence-corrected chi connectivity index (χ4v) is 9.08. The van der Waals surface area contributed by atoms with Gasteiger partial charge in [-0.15, -0.1) is 0 Å². The molecule has 0 radical (unpaired) electrons. The highest BCUT2D eigenvalue weighted by atomic mass is 16.5. The zero-order valence-corrected chi connectivity index (χ0v) is 44.9. The number of hydrogen-bond donors (Lipinski definition) is 3. The molecular weight excluding hydrogens is 827 g/mol. The van der Waals surface area contributed by atoms with E-state index in [0.29, 0.717) is 25.9 Å². The Morgan fingerprint density at radius 1 is 0.418 bits per heavy atom. The Bertz CT molecular complexity index is 1090. The SMILES string of the molecule is CCCCCC/C=C\C/C=C\CCCCCCCC(=O)OCCCCCCCCCCCC/C=C\CCCCCCCCCC(=O)NC(CO)C(O)CCCCCCCCCCCCCCC. The van der Waals surface area contributed by atoms with E-state index in [1.807, 2.05) is 0 Å². The number of aliphatic hydroxyl groups excluding tert-OH is 2. The molecule has 0 rings (SSSR count). The largest absolute Gasteiger partial charge is 0.466 e. The third-order valence-electron chi connectivity index (χ3n) is 13.7. The van der Waals surface area contributed by atoms with Gasteiger partial charge >= 0.3 is 5.97 Å². The highest BCUT2D eigenvalue weighted by Crippen LogP contribution is 2.17. The average Bonchev–Trinajstić information content (AvgIpc) is 3.33. The molecule has 394 valence electrons. The quantitative estimate of drug-likeness (QED) is 0.0321. The highest BCUT2D eigenvalue weighted by molar-refractivity contribution is 5.76. The number of aliphatic hydroxyl groups is 2. The van der Waals surface area contributed by atoms with E-state index < -0.39 is 12.1 Å². The Morgan fingerprint density at radius 2 is 0.746 bits per heavy atom. The number of amides is 1. The van der Waals surface area contributed by atoms with E-state index in [9.17, 15) is 19.8 Å². The Morgan fingerprint density at radius 3 is 1.16 bits per heavy atom. The van der Waals surface area contributed by atoms with Gasteiger partial charge in [-0.05, 0) is 83.5 Å². The van der Waals surface area contributed by atoms with E-state index in [1.165, 1.54) is 231 Å². The summed E-state index contributed by atoms with van der Waals surface area (Å²) in [5.74, 6) is -0.0482. The van der Waals surface area contributed by atoms with Crippen LogP contribution in [0, 0.1) is 0 Å². The van der Waals surface area contributed by atoms with Gasteiger partial charge in [0.25, 0.3) is 0 Å². The second-order valence-corrected chi connectivity index (χ2v) is 20.3. The lowest BCUT2D eigenvalue weighted by molar-refractivity contribution is -0.143. The van der Waals surface area contributed by atoms with Gasteiger partial charge < -0.3 is 20.3 Å². The third-order valence-corrected chi connectivity index (χ3v) is 13.7. The standard InChI is InChI=1S/C61H115NO5/c1-3-5-7-9-11-13-15-17-18-27-31-35-39-43-47-51-55-61(66)67-56-52-48-44-40-36-32-28-25-23-21-19-20-22-24-26-30-34-38-42-46-50-54-60(65)62-58(57-63)59(64)53-49-45-41-37-33-29-16-14-12-10-8-6-4-2/h13,15,18,20,22,27,58-59,63-64H,3-12,14,16-17,19,21,23-26,28-57H2,1-2H3,(H,62,65)/b15-13-,22-20-,27-18-. The number of carbonyl (C=O) groups excluding carboxylic acids is 2. The Balaban J connectivity index is 3.42. The van der Waals surface area contributed by atoms with Crippen LogP contribution in [0.25, 0.3) is 0 Å². The molecule has 0 aromatic rings. The molecule has 2 atom stereocenters. The minimum atomic E-state index is -0.669. The Labute approximate surface area is 417 Å². The number of nitrogens with one attached hydrogen (secondary N) is 1. The Kier molecular flexibility index (Phi) is 55.0. The van der Waals surface area contributed by atoms with Crippen LogP contribution in [0.4, 0.5) is 0 Å². The number of rotatable bonds is 55. The smallest absolute Gasteiger partial charge is 0.305 e. The summed E-state index contributed by atoms with van der Waals surface area (Å²) in [5, 5.41) is 23.2. The molecule has 1 amide bonds. The molecule has 0 aliphatic rings. The molecule has 0 heterocycles. The van der Waals surface area contributed by atoms with Crippen molar-refractivity contribution in [3.63, 3.8) is 0 Å². The molecule has 0 fully saturated rings. The number of ether oxygens (including phenoxy) is 1. The predicted molar refractivity (Wildman–Crippen MR) is 292 cm³/mol. The number of esters is 1. The van der Waals surface area contributed by atoms with Crippen LogP contribution < -0.4 is 5.32 Å². The van der Waals surface area contributed by atoms with Crippen molar-refractivity contribution >= 4 is 11.9 Å². The zero-order valence-electron chi connectivity index (χ0n) is 44.9. The van der Waals surface area contributed by atoms with E-state index in [4.69, 9.17) is 4.74 Å². The maximum Gasteiger partial charge on any atom is 0.305 e. The van der Waals surface area contributed by atoms with Gasteiger partial charge in [-0.3, -0.25) is 9.59 Å². The maximum atomic E-state index is 12.5. The first-order chi connectivity index (χ1) is 33.0. The van der Waals surface area contributed by atoms with Crippen molar-refractivity contribution < 1.29 is 24.5 Å². The first kappa shape index (κ1) is 65.1. The lowest BCUT2D eigenvalue weighted by Gasteiger charge is -2.22. The van der Waals surface area contributed by atoms with Crippen molar-refractivity contribution in [2.75, 3.05) is 13.2 Å². The van der Waals surface area contributed by atoms with Crippen molar-refractivity contribution in [2.24, 2.45) is 0 Å². The summed E-state index contributed by atoms with van der Waals surface area (Å²) in [6, 6.07) is -0.547. The van der Waals surface area contributed by atoms with Gasteiger partial charge in [0.1, 0.15) is 0 Å². The lowest BCUT2D eigenvalue weighted by Crippen LogP contribution is -2.45. The second-order valence-electron chi connectivity index (χ2n) is 20.3. The lowest BCUT2D eigenvalue weighted by atomic mass is 10.0. The molecule has 0 bridgehead atoms. The fourth-order valence-electron chi connectivity index (χ4n) is 9.08. The molecule has 2 unspecified atom stereocenters. The molecule has 67 heavy (non-hydrogen) atoms. The number of carbonyl (C=O) groups is 2. The van der Waals surface area contributed by atoms with E-state index in [-0.39, 0.29) is 18.5 Å². The van der Waals surface area contributed by atoms with E-state index in [2.05, 4.69) is 55.6 Å². The van der Waals surface area contributed by atoms with Gasteiger partial charge in [0.05, 0.1) is 25.4 Å². The van der Waals surface area contributed by atoms with Crippen molar-refractivity contribution in [2.45, 2.75) is 328 Å². The van der Waals surface area contributed by atoms with Crippen LogP contribution in [0.3, 0.4) is 0 Å². The van der Waals surface area contributed by atoms with Gasteiger partial charge in [0, 0.05) is 12.8 Å². The number of allylic oxidation sites excluding steroid dienone is 6. The molecule has 0 spiro atoms. The summed E-state index contributed by atoms with van der Waals surface area (Å²) < 4.78 is 5.47. The van der Waals surface area contributed by atoms with Crippen molar-refractivity contribution in [1.29, 1.82) is 0 Å². The summed E-state index contributed by atoms with van der Waals surface area (Å²) in [5.41, 5.74) is 0. The third kappa shape index (κ3) is 53.3. The maximum absolute atomic E-state index is 12.5. The number of unbranched alkanes of at least 4 members (excludes halogenated alkanes) is 38. The predicted octanol–water partition coefficient (Wildman–Crippen LogP) is 18.4. The van der Waals surface area contributed by atoms with Crippen LogP contribution in [0.2, 0.25) is 0 Å². The van der Waals surface area contributed by atoms with Crippen LogP contribution in [-0.2, 0) is 14.3 Å².